The summed E-state index contributed by atoms with van der Waals surface area (Å²) in [4.78, 5) is 36.4. The first-order chi connectivity index (χ1) is 18.8. The van der Waals surface area contributed by atoms with Gasteiger partial charge in [-0.25, -0.2) is 9.59 Å². The average Bonchev–Trinajstić information content (AvgIpc) is 3.27. The highest BCUT2D eigenvalue weighted by Crippen LogP contribution is 2.46. The molecule has 5 N–H and O–H groups in total. The predicted octanol–water partition coefficient (Wildman–Crippen LogP) is 4.66. The fraction of sp³-hybridized carbons (Fsp3) is 0.296. The van der Waals surface area contributed by atoms with E-state index < -0.39 is 24.6 Å². The minimum atomic E-state index is -1.27. The van der Waals surface area contributed by atoms with E-state index >= 15 is 0 Å². The van der Waals surface area contributed by atoms with Crippen LogP contribution in [0.15, 0.2) is 48.5 Å². The maximum Gasteiger partial charge on any atom is 0.349 e. The molecule has 3 aromatic rings. The number of benzene rings is 2. The first kappa shape index (κ1) is 28.2. The lowest BCUT2D eigenvalue weighted by Gasteiger charge is -2.31. The van der Waals surface area contributed by atoms with Crippen LogP contribution in [0.2, 0.25) is 5.02 Å². The van der Waals surface area contributed by atoms with E-state index in [1.54, 1.807) is 49.6 Å². The van der Waals surface area contributed by atoms with E-state index in [1.807, 2.05) is 6.07 Å². The SMILES string of the molecule is COc1cccc(NC(=O)C(Nc2cccc(-c3sc(C(=O)O)c(OCC(=O)O)c3Cl)c2)C2CCNCC2)c1. The smallest absolute Gasteiger partial charge is 0.349 e. The van der Waals surface area contributed by atoms with Gasteiger partial charge in [-0.1, -0.05) is 29.8 Å². The molecule has 2 heterocycles. The number of thiophene rings is 1. The number of carbonyl (C=O) groups is 3. The summed E-state index contributed by atoms with van der Waals surface area (Å²) in [6, 6.07) is 13.7. The third-order valence-electron chi connectivity index (χ3n) is 6.27. The number of aromatic carboxylic acids is 1. The number of carbonyl (C=O) groups excluding carboxylic acids is 1. The fourth-order valence-corrected chi connectivity index (χ4v) is 5.81. The second-order valence-electron chi connectivity index (χ2n) is 8.90. The first-order valence-corrected chi connectivity index (χ1v) is 13.4. The number of rotatable bonds is 11. The quantitative estimate of drug-likeness (QED) is 0.221. The molecular formula is C27H28ClN3O7S. The molecule has 0 spiro atoms. The van der Waals surface area contributed by atoms with Crippen LogP contribution < -0.4 is 25.4 Å². The third kappa shape index (κ3) is 6.99. The molecule has 10 nitrogen and oxygen atoms in total. The molecule has 0 aliphatic carbocycles. The zero-order chi connectivity index (χ0) is 27.9. The molecular weight excluding hydrogens is 546 g/mol. The summed E-state index contributed by atoms with van der Waals surface area (Å²) < 4.78 is 10.5. The predicted molar refractivity (Wildman–Crippen MR) is 149 cm³/mol. The summed E-state index contributed by atoms with van der Waals surface area (Å²) in [6.07, 6.45) is 1.62. The van der Waals surface area contributed by atoms with Crippen molar-refractivity contribution in [1.29, 1.82) is 0 Å². The summed E-state index contributed by atoms with van der Waals surface area (Å²) in [6.45, 7) is 0.881. The van der Waals surface area contributed by atoms with Crippen molar-refractivity contribution in [3.63, 3.8) is 0 Å². The van der Waals surface area contributed by atoms with Crippen molar-refractivity contribution < 1.29 is 34.1 Å². The Morgan fingerprint density at radius 2 is 1.82 bits per heavy atom. The maximum atomic E-state index is 13.5. The highest BCUT2D eigenvalue weighted by Gasteiger charge is 2.30. The Balaban J connectivity index is 1.61. The van der Waals surface area contributed by atoms with Crippen molar-refractivity contribution in [2.45, 2.75) is 18.9 Å². The molecule has 206 valence electrons. The summed E-state index contributed by atoms with van der Waals surface area (Å²) in [7, 11) is 1.56. The van der Waals surface area contributed by atoms with Gasteiger partial charge in [0.05, 0.1) is 12.0 Å². The van der Waals surface area contributed by atoms with Gasteiger partial charge in [0.2, 0.25) is 5.91 Å². The van der Waals surface area contributed by atoms with Crippen molar-refractivity contribution in [1.82, 2.24) is 5.32 Å². The van der Waals surface area contributed by atoms with Gasteiger partial charge in [0.25, 0.3) is 0 Å². The van der Waals surface area contributed by atoms with Gasteiger partial charge in [0.1, 0.15) is 16.8 Å². The molecule has 1 aromatic heterocycles. The van der Waals surface area contributed by atoms with Gasteiger partial charge in [-0.3, -0.25) is 4.79 Å². The van der Waals surface area contributed by atoms with Crippen LogP contribution in [0.3, 0.4) is 0 Å². The Morgan fingerprint density at radius 1 is 1.10 bits per heavy atom. The Kier molecular flexibility index (Phi) is 9.28. The van der Waals surface area contributed by atoms with Crippen molar-refractivity contribution >= 4 is 52.2 Å². The Labute approximate surface area is 233 Å². The molecule has 1 aliphatic rings. The van der Waals surface area contributed by atoms with Gasteiger partial charge >= 0.3 is 11.9 Å². The van der Waals surface area contributed by atoms with Gasteiger partial charge in [0.15, 0.2) is 17.2 Å². The fourth-order valence-electron chi connectivity index (χ4n) is 4.41. The van der Waals surface area contributed by atoms with Crippen molar-refractivity contribution in [2.24, 2.45) is 5.92 Å². The number of piperidine rings is 1. The van der Waals surface area contributed by atoms with Crippen molar-refractivity contribution in [3.05, 3.63) is 58.4 Å². The molecule has 39 heavy (non-hydrogen) atoms. The van der Waals surface area contributed by atoms with E-state index in [1.165, 1.54) is 0 Å². The number of aliphatic carboxylic acids is 1. The van der Waals surface area contributed by atoms with Crippen LogP contribution in [0.1, 0.15) is 22.5 Å². The van der Waals surface area contributed by atoms with E-state index in [-0.39, 0.29) is 27.5 Å². The second-order valence-corrected chi connectivity index (χ2v) is 10.3. The Morgan fingerprint density at radius 3 is 2.51 bits per heavy atom. The molecule has 2 aromatic carbocycles. The molecule has 0 bridgehead atoms. The number of carboxylic acid groups (broad SMARTS) is 2. The number of ether oxygens (including phenoxy) is 2. The monoisotopic (exact) mass is 573 g/mol. The molecule has 4 rings (SSSR count). The topological polar surface area (TPSA) is 146 Å². The summed E-state index contributed by atoms with van der Waals surface area (Å²) in [5.74, 6) is -2.20. The second kappa shape index (κ2) is 12.8. The minimum Gasteiger partial charge on any atom is -0.497 e. The largest absolute Gasteiger partial charge is 0.497 e. The Bertz CT molecular complexity index is 1360. The van der Waals surface area contributed by atoms with E-state index in [0.717, 1.165) is 37.3 Å². The van der Waals surface area contributed by atoms with Crippen LogP contribution >= 0.6 is 22.9 Å². The van der Waals surface area contributed by atoms with E-state index in [4.69, 9.17) is 26.2 Å². The number of carboxylic acids is 2. The highest BCUT2D eigenvalue weighted by atomic mass is 35.5. The lowest BCUT2D eigenvalue weighted by Crippen LogP contribution is -2.45. The maximum absolute atomic E-state index is 13.5. The normalized spacial score (nSPS) is 14.3. The van der Waals surface area contributed by atoms with Crippen molar-refractivity contribution in [3.8, 4) is 21.9 Å². The van der Waals surface area contributed by atoms with Crippen LogP contribution in [-0.2, 0) is 9.59 Å². The molecule has 1 amide bonds. The van der Waals surface area contributed by atoms with Crippen LogP contribution in [-0.4, -0.2) is 60.9 Å². The number of methoxy groups -OCH3 is 1. The lowest BCUT2D eigenvalue weighted by molar-refractivity contribution is -0.139. The Hall–Kier alpha value is -3.80. The number of nitrogens with one attached hydrogen (secondary N) is 3. The van der Waals surface area contributed by atoms with Crippen LogP contribution in [0.25, 0.3) is 10.4 Å². The number of hydrogen-bond donors (Lipinski definition) is 5. The molecule has 1 saturated heterocycles. The molecule has 0 radical (unpaired) electrons. The van der Waals surface area contributed by atoms with Gasteiger partial charge in [-0.15, -0.1) is 11.3 Å². The van der Waals surface area contributed by atoms with Crippen LogP contribution in [0, 0.1) is 5.92 Å². The van der Waals surface area contributed by atoms with E-state index in [0.29, 0.717) is 27.6 Å². The van der Waals surface area contributed by atoms with E-state index in [2.05, 4.69) is 16.0 Å². The minimum absolute atomic E-state index is 0.0153. The zero-order valence-corrected chi connectivity index (χ0v) is 22.6. The van der Waals surface area contributed by atoms with Crippen LogP contribution in [0.5, 0.6) is 11.5 Å². The average molecular weight is 574 g/mol. The van der Waals surface area contributed by atoms with Gasteiger partial charge in [-0.2, -0.15) is 0 Å². The zero-order valence-electron chi connectivity index (χ0n) is 21.0. The molecule has 1 unspecified atom stereocenters. The summed E-state index contributed by atoms with van der Waals surface area (Å²) in [5.41, 5.74) is 1.86. The van der Waals surface area contributed by atoms with Gasteiger partial charge in [0, 0.05) is 17.4 Å². The summed E-state index contributed by atoms with van der Waals surface area (Å²) >= 11 is 7.35. The molecule has 12 heteroatoms. The lowest BCUT2D eigenvalue weighted by atomic mass is 9.89. The third-order valence-corrected chi connectivity index (χ3v) is 7.95. The highest BCUT2D eigenvalue weighted by molar-refractivity contribution is 7.18. The molecule has 0 saturated carbocycles. The van der Waals surface area contributed by atoms with E-state index in [9.17, 15) is 19.5 Å². The first-order valence-electron chi connectivity index (χ1n) is 12.2. The standard InChI is InChI=1S/C27H28ClN3O7S/c1-37-19-7-3-6-18(13-19)31-26(34)22(15-8-10-29-11-9-15)30-17-5-2-4-16(12-17)24-21(28)23(38-14-20(32)33)25(39-24)27(35)36/h2-7,12-13,15,22,29-30H,8-11,14H2,1H3,(H,31,34)(H,32,33)(H,35,36). The van der Waals surface area contributed by atoms with Crippen molar-refractivity contribution in [2.75, 3.05) is 37.4 Å². The van der Waals surface area contributed by atoms with Crippen LogP contribution in [0.4, 0.5) is 11.4 Å². The number of anilines is 2. The molecule has 1 aliphatic heterocycles. The van der Waals surface area contributed by atoms with Gasteiger partial charge in [-0.05, 0) is 61.7 Å². The molecule has 1 atom stereocenters. The number of amides is 1. The number of halogens is 1. The van der Waals surface area contributed by atoms with Gasteiger partial charge < -0.3 is 35.6 Å². The number of hydrogen-bond acceptors (Lipinski definition) is 8. The summed E-state index contributed by atoms with van der Waals surface area (Å²) in [5, 5.41) is 28.2. The molecule has 1 fully saturated rings.